The molecule has 1 atom stereocenters. The fourth-order valence-electron chi connectivity index (χ4n) is 1.95. The molecule has 21 heavy (non-hydrogen) atoms. The molecular weight excluding hydrogens is 288 g/mol. The largest absolute Gasteiger partial charge is 0.352 e. The van der Waals surface area contributed by atoms with Crippen LogP contribution in [0.3, 0.4) is 0 Å². The maximum atomic E-state index is 11.9. The van der Waals surface area contributed by atoms with Crippen molar-refractivity contribution in [2.75, 3.05) is 18.4 Å². The molecular formula is C14H22N4O2S. The number of nitrogens with one attached hydrogen (secondary N) is 3. The predicted molar refractivity (Wildman–Crippen MR) is 83.3 cm³/mol. The van der Waals surface area contributed by atoms with Crippen LogP contribution in [0.25, 0.3) is 0 Å². The average molecular weight is 310 g/mol. The zero-order valence-corrected chi connectivity index (χ0v) is 13.5. The summed E-state index contributed by atoms with van der Waals surface area (Å²) in [6.45, 7) is 7.32. The molecule has 0 spiro atoms. The zero-order chi connectivity index (χ0) is 15.5. The lowest BCUT2D eigenvalue weighted by atomic mass is 9.96. The quantitative estimate of drug-likeness (QED) is 0.779. The fraction of sp³-hybridized carbons (Fsp3) is 0.643. The number of rotatable bonds is 4. The number of thiazole rings is 1. The molecule has 0 aromatic carbocycles. The van der Waals surface area contributed by atoms with Crippen molar-refractivity contribution in [2.45, 2.75) is 39.7 Å². The number of nitrogens with zero attached hydrogens (tertiary/aromatic N) is 1. The minimum absolute atomic E-state index is 0.0253. The molecule has 1 fully saturated rings. The van der Waals surface area contributed by atoms with Gasteiger partial charge in [0.2, 0.25) is 11.8 Å². The van der Waals surface area contributed by atoms with Gasteiger partial charge in [-0.25, -0.2) is 4.98 Å². The van der Waals surface area contributed by atoms with Crippen LogP contribution in [0.5, 0.6) is 0 Å². The zero-order valence-electron chi connectivity index (χ0n) is 12.7. The van der Waals surface area contributed by atoms with Crippen molar-refractivity contribution >= 4 is 28.3 Å². The van der Waals surface area contributed by atoms with Gasteiger partial charge in [-0.2, -0.15) is 0 Å². The lowest BCUT2D eigenvalue weighted by Gasteiger charge is -2.15. The van der Waals surface area contributed by atoms with Crippen LogP contribution in [-0.4, -0.2) is 35.9 Å². The minimum atomic E-state index is -0.460. The highest BCUT2D eigenvalue weighted by Gasteiger charge is 2.22. The van der Waals surface area contributed by atoms with Gasteiger partial charge in [0.05, 0.1) is 12.1 Å². The van der Waals surface area contributed by atoms with E-state index >= 15 is 0 Å². The van der Waals surface area contributed by atoms with Crippen molar-refractivity contribution in [3.8, 4) is 0 Å². The molecule has 1 saturated heterocycles. The van der Waals surface area contributed by atoms with Crippen LogP contribution in [0.1, 0.15) is 32.9 Å². The van der Waals surface area contributed by atoms with Gasteiger partial charge in [-0.05, 0) is 13.0 Å². The molecule has 2 rings (SSSR count). The van der Waals surface area contributed by atoms with E-state index in [0.717, 1.165) is 19.5 Å². The average Bonchev–Trinajstić information content (AvgIpc) is 3.00. The molecule has 0 bridgehead atoms. The Bertz CT molecular complexity index is 515. The van der Waals surface area contributed by atoms with E-state index in [-0.39, 0.29) is 24.3 Å². The van der Waals surface area contributed by atoms with Gasteiger partial charge in [0, 0.05) is 23.4 Å². The normalized spacial score (nSPS) is 18.5. The Kier molecular flexibility index (Phi) is 4.95. The molecule has 0 saturated carbocycles. The van der Waals surface area contributed by atoms with Gasteiger partial charge in [0.1, 0.15) is 0 Å². The van der Waals surface area contributed by atoms with Gasteiger partial charge < -0.3 is 16.0 Å². The number of amides is 2. The number of hydrogen-bond acceptors (Lipinski definition) is 5. The first-order valence-corrected chi connectivity index (χ1v) is 7.98. The molecule has 2 amide bonds. The molecule has 1 aliphatic rings. The fourth-order valence-corrected chi connectivity index (χ4v) is 2.66. The molecule has 1 aromatic rings. The Morgan fingerprint density at radius 1 is 1.48 bits per heavy atom. The topological polar surface area (TPSA) is 83.1 Å². The molecule has 7 heteroatoms. The maximum Gasteiger partial charge on any atom is 0.231 e. The second-order valence-corrected chi connectivity index (χ2v) is 7.14. The van der Waals surface area contributed by atoms with Crippen LogP contribution in [0.4, 0.5) is 5.13 Å². The van der Waals surface area contributed by atoms with Gasteiger partial charge in [0.15, 0.2) is 5.13 Å². The van der Waals surface area contributed by atoms with Crippen LogP contribution in [0.2, 0.25) is 0 Å². The van der Waals surface area contributed by atoms with E-state index in [4.69, 9.17) is 0 Å². The second kappa shape index (κ2) is 6.53. The highest BCUT2D eigenvalue weighted by Crippen LogP contribution is 2.20. The third kappa shape index (κ3) is 4.78. The molecule has 6 nitrogen and oxygen atoms in total. The Morgan fingerprint density at radius 2 is 2.24 bits per heavy atom. The number of hydrogen-bond donors (Lipinski definition) is 3. The summed E-state index contributed by atoms with van der Waals surface area (Å²) in [5.41, 5.74) is 0.228. The lowest BCUT2D eigenvalue weighted by Crippen LogP contribution is -2.37. The number of aromatic nitrogens is 1. The highest BCUT2D eigenvalue weighted by atomic mass is 32.1. The third-order valence-electron chi connectivity index (χ3n) is 3.22. The van der Waals surface area contributed by atoms with E-state index in [1.807, 2.05) is 26.2 Å². The smallest absolute Gasteiger partial charge is 0.231 e. The van der Waals surface area contributed by atoms with Crippen molar-refractivity contribution in [1.29, 1.82) is 0 Å². The highest BCUT2D eigenvalue weighted by molar-refractivity contribution is 7.13. The van der Waals surface area contributed by atoms with Gasteiger partial charge >= 0.3 is 0 Å². The van der Waals surface area contributed by atoms with Crippen molar-refractivity contribution < 1.29 is 9.59 Å². The number of anilines is 1. The first-order chi connectivity index (χ1) is 9.84. The molecule has 1 aromatic heterocycles. The first-order valence-electron chi connectivity index (χ1n) is 7.10. The monoisotopic (exact) mass is 310 g/mol. The minimum Gasteiger partial charge on any atom is -0.352 e. The van der Waals surface area contributed by atoms with Gasteiger partial charge in [-0.1, -0.05) is 20.8 Å². The van der Waals surface area contributed by atoms with Gasteiger partial charge in [-0.3, -0.25) is 9.59 Å². The molecule has 116 valence electrons. The van der Waals surface area contributed by atoms with Crippen LogP contribution in [0, 0.1) is 5.41 Å². The van der Waals surface area contributed by atoms with Crippen LogP contribution >= 0.6 is 11.3 Å². The van der Waals surface area contributed by atoms with E-state index in [2.05, 4.69) is 20.9 Å². The number of carbonyl (C=O) groups excluding carboxylic acids is 2. The third-order valence-corrected chi connectivity index (χ3v) is 4.03. The standard InChI is InChI=1S/C14H22N4O2S/c1-14(2,3)12(20)18-13-17-10(8-21-13)6-11(19)16-9-4-5-15-7-9/h8-9,15H,4-7H2,1-3H3,(H,16,19)(H,17,18,20). The van der Waals surface area contributed by atoms with Crippen molar-refractivity contribution in [2.24, 2.45) is 5.41 Å². The molecule has 0 radical (unpaired) electrons. The van der Waals surface area contributed by atoms with E-state index < -0.39 is 5.41 Å². The number of carbonyl (C=O) groups is 2. The van der Waals surface area contributed by atoms with Gasteiger partial charge in [0.25, 0.3) is 0 Å². The summed E-state index contributed by atoms with van der Waals surface area (Å²) in [5.74, 6) is -0.104. The second-order valence-electron chi connectivity index (χ2n) is 6.28. The molecule has 0 aliphatic carbocycles. The summed E-state index contributed by atoms with van der Waals surface area (Å²) in [6.07, 6.45) is 1.22. The molecule has 3 N–H and O–H groups in total. The summed E-state index contributed by atoms with van der Waals surface area (Å²) in [4.78, 5) is 28.1. The van der Waals surface area contributed by atoms with Crippen molar-refractivity contribution in [3.05, 3.63) is 11.1 Å². The Hall–Kier alpha value is -1.47. The van der Waals surface area contributed by atoms with Gasteiger partial charge in [-0.15, -0.1) is 11.3 Å². The summed E-state index contributed by atoms with van der Waals surface area (Å²) >= 11 is 1.34. The van der Waals surface area contributed by atoms with E-state index in [1.165, 1.54) is 11.3 Å². The summed E-state index contributed by atoms with van der Waals surface area (Å²) < 4.78 is 0. The molecule has 1 unspecified atom stereocenters. The van der Waals surface area contributed by atoms with Crippen LogP contribution in [-0.2, 0) is 16.0 Å². The predicted octanol–water partition coefficient (Wildman–Crippen LogP) is 1.15. The Morgan fingerprint density at radius 3 is 2.86 bits per heavy atom. The summed E-state index contributed by atoms with van der Waals surface area (Å²) in [5, 5.41) is 11.3. The van der Waals surface area contributed by atoms with Crippen molar-refractivity contribution in [1.82, 2.24) is 15.6 Å². The van der Waals surface area contributed by atoms with Crippen LogP contribution < -0.4 is 16.0 Å². The van der Waals surface area contributed by atoms with E-state index in [1.54, 1.807) is 0 Å². The lowest BCUT2D eigenvalue weighted by molar-refractivity contribution is -0.123. The molecule has 2 heterocycles. The maximum absolute atomic E-state index is 11.9. The SMILES string of the molecule is CC(C)(C)C(=O)Nc1nc(CC(=O)NC2CCNC2)cs1. The van der Waals surface area contributed by atoms with E-state index in [9.17, 15) is 9.59 Å². The molecule has 1 aliphatic heterocycles. The summed E-state index contributed by atoms with van der Waals surface area (Å²) in [7, 11) is 0. The summed E-state index contributed by atoms with van der Waals surface area (Å²) in [6, 6.07) is 0.219. The first kappa shape index (κ1) is 15.9. The van der Waals surface area contributed by atoms with E-state index in [0.29, 0.717) is 10.8 Å². The Balaban J connectivity index is 1.85. The van der Waals surface area contributed by atoms with Crippen LogP contribution in [0.15, 0.2) is 5.38 Å². The van der Waals surface area contributed by atoms with Crippen molar-refractivity contribution in [3.63, 3.8) is 0 Å². The Labute approximate surface area is 128 Å².